The Hall–Kier alpha value is -1.88. The molecule has 1 aromatic rings. The van der Waals surface area contributed by atoms with Gasteiger partial charge in [-0.05, 0) is 44.4 Å². The van der Waals surface area contributed by atoms with Crippen molar-refractivity contribution in [1.29, 1.82) is 0 Å². The van der Waals surface area contributed by atoms with Crippen LogP contribution >= 0.6 is 0 Å². The molecule has 2 rings (SSSR count). The Kier molecular flexibility index (Phi) is 5.19. The smallest absolute Gasteiger partial charge is 0.337 e. The van der Waals surface area contributed by atoms with Crippen LogP contribution in [-0.2, 0) is 20.7 Å². The van der Waals surface area contributed by atoms with Crippen LogP contribution in [0.5, 0.6) is 0 Å². The van der Waals surface area contributed by atoms with E-state index in [2.05, 4.69) is 10.1 Å². The van der Waals surface area contributed by atoms with E-state index < -0.39 is 0 Å². The van der Waals surface area contributed by atoms with Crippen LogP contribution in [0.25, 0.3) is 0 Å². The number of nitrogens with one attached hydrogen (secondary N) is 1. The normalized spacial score (nSPS) is 20.2. The zero-order chi connectivity index (χ0) is 16.2. The maximum Gasteiger partial charge on any atom is 0.337 e. The molecule has 0 saturated carbocycles. The molecule has 120 valence electrons. The van der Waals surface area contributed by atoms with Crippen LogP contribution in [0.3, 0.4) is 0 Å². The van der Waals surface area contributed by atoms with Gasteiger partial charge >= 0.3 is 5.97 Å². The van der Waals surface area contributed by atoms with Gasteiger partial charge in [-0.1, -0.05) is 12.1 Å². The highest BCUT2D eigenvalue weighted by Gasteiger charge is 2.29. The van der Waals surface area contributed by atoms with Crippen LogP contribution in [0.1, 0.15) is 42.6 Å². The Morgan fingerprint density at radius 3 is 2.59 bits per heavy atom. The molecule has 1 N–H and O–H groups in total. The number of esters is 1. The lowest BCUT2D eigenvalue weighted by molar-refractivity contribution is -0.123. The third kappa shape index (κ3) is 4.56. The van der Waals surface area contributed by atoms with Gasteiger partial charge in [-0.3, -0.25) is 4.79 Å². The molecule has 1 aliphatic rings. The van der Waals surface area contributed by atoms with Crippen molar-refractivity contribution in [2.45, 2.75) is 44.8 Å². The van der Waals surface area contributed by atoms with Gasteiger partial charge in [0.1, 0.15) is 0 Å². The van der Waals surface area contributed by atoms with Crippen LogP contribution in [0.15, 0.2) is 24.3 Å². The lowest BCUT2D eigenvalue weighted by Crippen LogP contribution is -2.46. The van der Waals surface area contributed by atoms with Gasteiger partial charge in [0, 0.05) is 12.6 Å². The number of methoxy groups -OCH3 is 1. The average Bonchev–Trinajstić information content (AvgIpc) is 2.46. The van der Waals surface area contributed by atoms with E-state index in [0.29, 0.717) is 18.6 Å². The monoisotopic (exact) mass is 305 g/mol. The van der Waals surface area contributed by atoms with Crippen molar-refractivity contribution in [1.82, 2.24) is 5.32 Å². The van der Waals surface area contributed by atoms with Gasteiger partial charge in [0.2, 0.25) is 5.91 Å². The molecule has 0 radical (unpaired) electrons. The lowest BCUT2D eigenvalue weighted by atomic mass is 9.94. The van der Waals surface area contributed by atoms with Crippen LogP contribution in [0.2, 0.25) is 0 Å². The highest BCUT2D eigenvalue weighted by Crippen LogP contribution is 2.23. The molecule has 1 aliphatic heterocycles. The Bertz CT molecular complexity index is 536. The second-order valence-corrected chi connectivity index (χ2v) is 6.23. The zero-order valence-corrected chi connectivity index (χ0v) is 13.3. The molecule has 22 heavy (non-hydrogen) atoms. The molecule has 5 heteroatoms. The molecule has 1 aromatic carbocycles. The SMILES string of the molecule is COC(=O)c1ccc(CC(=O)N[C@H]2CCOC(C)(C)C2)cc1. The number of rotatable bonds is 4. The highest BCUT2D eigenvalue weighted by atomic mass is 16.5. The summed E-state index contributed by atoms with van der Waals surface area (Å²) in [6, 6.07) is 7.06. The van der Waals surface area contributed by atoms with Crippen LogP contribution in [-0.4, -0.2) is 37.2 Å². The first-order valence-electron chi connectivity index (χ1n) is 7.50. The fourth-order valence-corrected chi connectivity index (χ4v) is 2.70. The first-order valence-corrected chi connectivity index (χ1v) is 7.50. The van der Waals surface area contributed by atoms with Crippen LogP contribution in [0.4, 0.5) is 0 Å². The number of carbonyl (C=O) groups excluding carboxylic acids is 2. The van der Waals surface area contributed by atoms with E-state index in [9.17, 15) is 9.59 Å². The summed E-state index contributed by atoms with van der Waals surface area (Å²) in [5.74, 6) is -0.381. The Labute approximate surface area is 131 Å². The molecular weight excluding hydrogens is 282 g/mol. The average molecular weight is 305 g/mol. The number of benzene rings is 1. The van der Waals surface area contributed by atoms with E-state index >= 15 is 0 Å². The van der Waals surface area contributed by atoms with Gasteiger partial charge in [0.05, 0.1) is 24.7 Å². The molecule has 1 atom stereocenters. The van der Waals surface area contributed by atoms with Gasteiger partial charge in [0.15, 0.2) is 0 Å². The summed E-state index contributed by atoms with van der Waals surface area (Å²) in [7, 11) is 1.35. The summed E-state index contributed by atoms with van der Waals surface area (Å²) in [6.45, 7) is 4.75. The van der Waals surface area contributed by atoms with E-state index in [1.54, 1.807) is 24.3 Å². The molecular formula is C17H23NO4. The molecule has 1 amide bonds. The van der Waals surface area contributed by atoms with E-state index in [1.165, 1.54) is 7.11 Å². The molecule has 0 bridgehead atoms. The molecule has 0 aliphatic carbocycles. The molecule has 0 aromatic heterocycles. The molecule has 1 fully saturated rings. The van der Waals surface area contributed by atoms with Crippen molar-refractivity contribution >= 4 is 11.9 Å². The van der Waals surface area contributed by atoms with Crippen molar-refractivity contribution in [2.24, 2.45) is 0 Å². The van der Waals surface area contributed by atoms with Gasteiger partial charge in [-0.25, -0.2) is 4.79 Å². The summed E-state index contributed by atoms with van der Waals surface area (Å²) in [4.78, 5) is 23.5. The summed E-state index contributed by atoms with van der Waals surface area (Å²) in [5.41, 5.74) is 1.17. The fraction of sp³-hybridized carbons (Fsp3) is 0.529. The summed E-state index contributed by atoms with van der Waals surface area (Å²) >= 11 is 0. The minimum absolute atomic E-state index is 0.00600. The van der Waals surface area contributed by atoms with E-state index in [-0.39, 0.29) is 23.5 Å². The zero-order valence-electron chi connectivity index (χ0n) is 13.3. The summed E-state index contributed by atoms with van der Waals surface area (Å²) in [5, 5.41) is 3.06. The summed E-state index contributed by atoms with van der Waals surface area (Å²) in [6.07, 6.45) is 1.97. The second kappa shape index (κ2) is 6.92. The molecule has 5 nitrogen and oxygen atoms in total. The first kappa shape index (κ1) is 16.5. The number of hydrogen-bond donors (Lipinski definition) is 1. The fourth-order valence-electron chi connectivity index (χ4n) is 2.70. The van der Waals surface area contributed by atoms with Crippen molar-refractivity contribution < 1.29 is 19.1 Å². The largest absolute Gasteiger partial charge is 0.465 e. The third-order valence-electron chi connectivity index (χ3n) is 3.80. The Balaban J connectivity index is 1.88. The van der Waals surface area contributed by atoms with Crippen LogP contribution < -0.4 is 5.32 Å². The highest BCUT2D eigenvalue weighted by molar-refractivity contribution is 5.89. The van der Waals surface area contributed by atoms with E-state index in [0.717, 1.165) is 18.4 Å². The second-order valence-electron chi connectivity index (χ2n) is 6.23. The number of ether oxygens (including phenoxy) is 2. The standard InChI is InChI=1S/C17H23NO4/c1-17(2)11-14(8-9-22-17)18-15(19)10-12-4-6-13(7-5-12)16(20)21-3/h4-7,14H,8-11H2,1-3H3,(H,18,19)/t14-/m0/s1. The van der Waals surface area contributed by atoms with E-state index in [4.69, 9.17) is 4.74 Å². The maximum atomic E-state index is 12.1. The van der Waals surface area contributed by atoms with Crippen molar-refractivity contribution in [2.75, 3.05) is 13.7 Å². The predicted octanol–water partition coefficient (Wildman–Crippen LogP) is 2.09. The molecule has 0 spiro atoms. The van der Waals surface area contributed by atoms with E-state index in [1.807, 2.05) is 13.8 Å². The van der Waals surface area contributed by atoms with Crippen molar-refractivity contribution in [3.05, 3.63) is 35.4 Å². The number of hydrogen-bond acceptors (Lipinski definition) is 4. The molecule has 1 saturated heterocycles. The number of amides is 1. The Morgan fingerprint density at radius 2 is 2.00 bits per heavy atom. The van der Waals surface area contributed by atoms with Crippen molar-refractivity contribution in [3.8, 4) is 0 Å². The predicted molar refractivity (Wildman–Crippen MR) is 82.7 cm³/mol. The third-order valence-corrected chi connectivity index (χ3v) is 3.80. The van der Waals surface area contributed by atoms with Gasteiger partial charge in [-0.15, -0.1) is 0 Å². The van der Waals surface area contributed by atoms with Gasteiger partial charge in [0.25, 0.3) is 0 Å². The molecule has 1 heterocycles. The lowest BCUT2D eigenvalue weighted by Gasteiger charge is -2.35. The van der Waals surface area contributed by atoms with Crippen LogP contribution in [0, 0.1) is 0 Å². The quantitative estimate of drug-likeness (QED) is 0.865. The topological polar surface area (TPSA) is 64.6 Å². The Morgan fingerprint density at radius 1 is 1.32 bits per heavy atom. The van der Waals surface area contributed by atoms with Crippen molar-refractivity contribution in [3.63, 3.8) is 0 Å². The van der Waals surface area contributed by atoms with Gasteiger partial charge in [-0.2, -0.15) is 0 Å². The van der Waals surface area contributed by atoms with Gasteiger partial charge < -0.3 is 14.8 Å². The number of carbonyl (C=O) groups is 2. The minimum atomic E-state index is -0.375. The maximum absolute atomic E-state index is 12.1. The first-order chi connectivity index (χ1) is 10.4. The minimum Gasteiger partial charge on any atom is -0.465 e. The summed E-state index contributed by atoms with van der Waals surface area (Å²) < 4.78 is 10.3. The molecule has 0 unspecified atom stereocenters.